The molecule has 0 aliphatic carbocycles. The Labute approximate surface area is 125 Å². The summed E-state index contributed by atoms with van der Waals surface area (Å²) in [6.45, 7) is 5.44. The van der Waals surface area contributed by atoms with Crippen molar-refractivity contribution in [2.45, 2.75) is 26.3 Å². The molecule has 1 aromatic heterocycles. The SMILES string of the molecule is CCCOc1cncc(C(NCC)c2ccccc2F)c1. The van der Waals surface area contributed by atoms with E-state index in [1.54, 1.807) is 24.5 Å². The van der Waals surface area contributed by atoms with Gasteiger partial charge in [-0.15, -0.1) is 0 Å². The number of halogens is 1. The van der Waals surface area contributed by atoms with Crippen molar-refractivity contribution < 1.29 is 9.13 Å². The molecule has 4 heteroatoms. The van der Waals surface area contributed by atoms with Crippen molar-refractivity contribution in [2.24, 2.45) is 0 Å². The van der Waals surface area contributed by atoms with Gasteiger partial charge < -0.3 is 10.1 Å². The van der Waals surface area contributed by atoms with Crippen LogP contribution in [0.5, 0.6) is 5.75 Å². The fourth-order valence-corrected chi connectivity index (χ4v) is 2.21. The van der Waals surface area contributed by atoms with E-state index in [9.17, 15) is 4.39 Å². The topological polar surface area (TPSA) is 34.1 Å². The lowest BCUT2D eigenvalue weighted by atomic mass is 9.99. The van der Waals surface area contributed by atoms with E-state index in [1.807, 2.05) is 19.1 Å². The number of benzene rings is 1. The third kappa shape index (κ3) is 4.02. The van der Waals surface area contributed by atoms with Crippen LogP contribution < -0.4 is 10.1 Å². The average Bonchev–Trinajstić information content (AvgIpc) is 2.52. The Morgan fingerprint density at radius 2 is 2.05 bits per heavy atom. The molecule has 0 fully saturated rings. The standard InChI is InChI=1S/C17H21FN2O/c1-3-9-21-14-10-13(11-19-12-14)17(20-4-2)15-7-5-6-8-16(15)18/h5-8,10-12,17,20H,3-4,9H2,1-2H3. The van der Waals surface area contributed by atoms with E-state index in [-0.39, 0.29) is 11.9 Å². The molecule has 0 aliphatic heterocycles. The molecule has 0 radical (unpaired) electrons. The molecule has 112 valence electrons. The summed E-state index contributed by atoms with van der Waals surface area (Å²) in [5, 5.41) is 3.30. The number of rotatable bonds is 7. The third-order valence-electron chi connectivity index (χ3n) is 3.16. The number of hydrogen-bond donors (Lipinski definition) is 1. The zero-order valence-electron chi connectivity index (χ0n) is 12.5. The Kier molecular flexibility index (Phi) is 5.69. The maximum atomic E-state index is 14.1. The van der Waals surface area contributed by atoms with Crippen LogP contribution in [-0.2, 0) is 0 Å². The molecule has 0 aliphatic rings. The minimum absolute atomic E-state index is 0.219. The molecule has 1 N–H and O–H groups in total. The van der Waals surface area contributed by atoms with Crippen LogP contribution in [0.4, 0.5) is 4.39 Å². The van der Waals surface area contributed by atoms with Crippen LogP contribution in [0.2, 0.25) is 0 Å². The van der Waals surface area contributed by atoms with Crippen LogP contribution in [0.3, 0.4) is 0 Å². The number of aromatic nitrogens is 1. The molecule has 0 saturated heterocycles. The highest BCUT2D eigenvalue weighted by Gasteiger charge is 2.17. The van der Waals surface area contributed by atoms with E-state index in [0.717, 1.165) is 18.5 Å². The van der Waals surface area contributed by atoms with Crippen molar-refractivity contribution in [2.75, 3.05) is 13.2 Å². The van der Waals surface area contributed by atoms with Gasteiger partial charge in [-0.3, -0.25) is 4.98 Å². The van der Waals surface area contributed by atoms with Gasteiger partial charge in [0.15, 0.2) is 0 Å². The van der Waals surface area contributed by atoms with Gasteiger partial charge in [-0.05, 0) is 30.7 Å². The van der Waals surface area contributed by atoms with Gasteiger partial charge in [0, 0.05) is 11.8 Å². The smallest absolute Gasteiger partial charge is 0.137 e. The lowest BCUT2D eigenvalue weighted by molar-refractivity contribution is 0.315. The highest BCUT2D eigenvalue weighted by atomic mass is 19.1. The first-order valence-electron chi connectivity index (χ1n) is 7.31. The van der Waals surface area contributed by atoms with Gasteiger partial charge in [0.05, 0.1) is 18.8 Å². The number of nitrogens with one attached hydrogen (secondary N) is 1. The summed E-state index contributed by atoms with van der Waals surface area (Å²) in [5.41, 5.74) is 1.52. The molecule has 21 heavy (non-hydrogen) atoms. The Balaban J connectivity index is 2.32. The normalized spacial score (nSPS) is 12.1. The lowest BCUT2D eigenvalue weighted by Crippen LogP contribution is -2.23. The zero-order chi connectivity index (χ0) is 15.1. The summed E-state index contributed by atoms with van der Waals surface area (Å²) in [4.78, 5) is 4.21. The predicted molar refractivity (Wildman–Crippen MR) is 81.9 cm³/mol. The molecule has 1 unspecified atom stereocenters. The quantitative estimate of drug-likeness (QED) is 0.843. The van der Waals surface area contributed by atoms with Gasteiger partial charge in [0.25, 0.3) is 0 Å². The van der Waals surface area contributed by atoms with E-state index in [0.29, 0.717) is 17.9 Å². The van der Waals surface area contributed by atoms with Crippen molar-refractivity contribution in [3.8, 4) is 5.75 Å². The van der Waals surface area contributed by atoms with Gasteiger partial charge in [-0.25, -0.2) is 4.39 Å². The molecule has 3 nitrogen and oxygen atoms in total. The van der Waals surface area contributed by atoms with Gasteiger partial charge in [-0.2, -0.15) is 0 Å². The minimum Gasteiger partial charge on any atom is -0.492 e. The van der Waals surface area contributed by atoms with E-state index >= 15 is 0 Å². The number of hydrogen-bond acceptors (Lipinski definition) is 3. The van der Waals surface area contributed by atoms with Crippen molar-refractivity contribution in [1.82, 2.24) is 10.3 Å². The maximum absolute atomic E-state index is 14.1. The second kappa shape index (κ2) is 7.74. The first-order valence-corrected chi connectivity index (χ1v) is 7.31. The number of ether oxygens (including phenoxy) is 1. The van der Waals surface area contributed by atoms with Crippen molar-refractivity contribution in [3.05, 3.63) is 59.7 Å². The molecule has 1 heterocycles. The van der Waals surface area contributed by atoms with Crippen molar-refractivity contribution >= 4 is 0 Å². The molecule has 0 spiro atoms. The van der Waals surface area contributed by atoms with Gasteiger partial charge in [0.1, 0.15) is 11.6 Å². The predicted octanol–water partition coefficient (Wildman–Crippen LogP) is 3.71. The van der Waals surface area contributed by atoms with E-state index in [4.69, 9.17) is 4.74 Å². The molecule has 2 rings (SSSR count). The molecule has 1 atom stereocenters. The summed E-state index contributed by atoms with van der Waals surface area (Å²) < 4.78 is 19.7. The van der Waals surface area contributed by atoms with E-state index in [2.05, 4.69) is 17.2 Å². The molecule has 0 amide bonds. The van der Waals surface area contributed by atoms with Crippen LogP contribution in [0.15, 0.2) is 42.7 Å². The molecular formula is C17H21FN2O. The van der Waals surface area contributed by atoms with Gasteiger partial charge in [-0.1, -0.05) is 32.0 Å². The average molecular weight is 288 g/mol. The Bertz CT molecular complexity index is 574. The highest BCUT2D eigenvalue weighted by Crippen LogP contribution is 2.26. The largest absolute Gasteiger partial charge is 0.492 e. The highest BCUT2D eigenvalue weighted by molar-refractivity contribution is 5.34. The van der Waals surface area contributed by atoms with Crippen molar-refractivity contribution in [1.29, 1.82) is 0 Å². The van der Waals surface area contributed by atoms with Crippen LogP contribution in [0, 0.1) is 5.82 Å². The molecule has 0 bridgehead atoms. The summed E-state index contributed by atoms with van der Waals surface area (Å²) in [7, 11) is 0. The summed E-state index contributed by atoms with van der Waals surface area (Å²) in [5.74, 6) is 0.497. The van der Waals surface area contributed by atoms with Gasteiger partial charge in [0.2, 0.25) is 0 Å². The Hall–Kier alpha value is -1.94. The molecule has 0 saturated carbocycles. The Morgan fingerprint density at radius 3 is 2.76 bits per heavy atom. The van der Waals surface area contributed by atoms with Crippen LogP contribution in [-0.4, -0.2) is 18.1 Å². The number of nitrogens with zero attached hydrogens (tertiary/aromatic N) is 1. The van der Waals surface area contributed by atoms with E-state index in [1.165, 1.54) is 6.07 Å². The fraction of sp³-hybridized carbons (Fsp3) is 0.353. The molecular weight excluding hydrogens is 267 g/mol. The van der Waals surface area contributed by atoms with Gasteiger partial charge >= 0.3 is 0 Å². The fourth-order valence-electron chi connectivity index (χ4n) is 2.21. The second-order valence-electron chi connectivity index (χ2n) is 4.81. The molecule has 1 aromatic carbocycles. The van der Waals surface area contributed by atoms with Crippen molar-refractivity contribution in [3.63, 3.8) is 0 Å². The monoisotopic (exact) mass is 288 g/mol. The van der Waals surface area contributed by atoms with Crippen LogP contribution in [0.25, 0.3) is 0 Å². The first kappa shape index (κ1) is 15.4. The maximum Gasteiger partial charge on any atom is 0.137 e. The zero-order valence-corrected chi connectivity index (χ0v) is 12.5. The minimum atomic E-state index is -0.228. The number of pyridine rings is 1. The lowest BCUT2D eigenvalue weighted by Gasteiger charge is -2.19. The van der Waals surface area contributed by atoms with Crippen LogP contribution in [0.1, 0.15) is 37.4 Å². The van der Waals surface area contributed by atoms with E-state index < -0.39 is 0 Å². The second-order valence-corrected chi connectivity index (χ2v) is 4.81. The summed E-state index contributed by atoms with van der Waals surface area (Å²) in [6.07, 6.45) is 4.37. The summed E-state index contributed by atoms with van der Waals surface area (Å²) >= 11 is 0. The van der Waals surface area contributed by atoms with Crippen LogP contribution >= 0.6 is 0 Å². The Morgan fingerprint density at radius 1 is 1.24 bits per heavy atom. The molecule has 2 aromatic rings. The third-order valence-corrected chi connectivity index (χ3v) is 3.16. The first-order chi connectivity index (χ1) is 10.3. The summed E-state index contributed by atoms with van der Waals surface area (Å²) in [6, 6.07) is 8.50.